The highest BCUT2D eigenvalue weighted by Gasteiger charge is 2.32. The highest BCUT2D eigenvalue weighted by Crippen LogP contribution is 2.25. The number of fused-ring (bicyclic) bond motifs is 1. The predicted octanol–water partition coefficient (Wildman–Crippen LogP) is 3.86. The fourth-order valence-corrected chi connectivity index (χ4v) is 4.15. The van der Waals surface area contributed by atoms with Crippen LogP contribution >= 0.6 is 0 Å². The second-order valence-electron chi connectivity index (χ2n) is 9.12. The van der Waals surface area contributed by atoms with Gasteiger partial charge >= 0.3 is 17.9 Å². The zero-order chi connectivity index (χ0) is 30.0. The summed E-state index contributed by atoms with van der Waals surface area (Å²) in [4.78, 5) is 51.0. The summed E-state index contributed by atoms with van der Waals surface area (Å²) in [5, 5.41) is 0. The molecule has 12 heteroatoms. The molecule has 0 fully saturated rings. The van der Waals surface area contributed by atoms with Crippen LogP contribution in [-0.2, 0) is 18.9 Å². The molecule has 0 spiro atoms. The molecular formula is C31H27N5O7. The Labute approximate surface area is 246 Å². The van der Waals surface area contributed by atoms with Gasteiger partial charge in [-0.2, -0.15) is 0 Å². The van der Waals surface area contributed by atoms with Gasteiger partial charge in [0, 0.05) is 0 Å². The molecule has 12 nitrogen and oxygen atoms in total. The van der Waals surface area contributed by atoms with Crippen LogP contribution in [0.1, 0.15) is 37.3 Å². The summed E-state index contributed by atoms with van der Waals surface area (Å²) in [6.07, 6.45) is 0.331. The largest absolute Gasteiger partial charge is 0.460 e. The van der Waals surface area contributed by atoms with E-state index in [0.717, 1.165) is 0 Å². The number of ether oxygens (including phenoxy) is 4. The molecule has 0 aliphatic heterocycles. The van der Waals surface area contributed by atoms with Gasteiger partial charge in [0.1, 0.15) is 25.1 Å². The summed E-state index contributed by atoms with van der Waals surface area (Å²) >= 11 is 0. The number of nitrogen functional groups attached to an aromatic ring is 1. The number of carbonyl (C=O) groups excluding carboxylic acids is 3. The van der Waals surface area contributed by atoms with E-state index in [4.69, 9.17) is 24.7 Å². The van der Waals surface area contributed by atoms with E-state index >= 15 is 0 Å². The van der Waals surface area contributed by atoms with Crippen molar-refractivity contribution in [1.82, 2.24) is 19.5 Å². The van der Waals surface area contributed by atoms with Crippen LogP contribution in [0.4, 0.5) is 5.82 Å². The van der Waals surface area contributed by atoms with E-state index in [9.17, 15) is 14.4 Å². The lowest BCUT2D eigenvalue weighted by Gasteiger charge is -2.28. The van der Waals surface area contributed by atoms with E-state index in [1.807, 2.05) is 0 Å². The van der Waals surface area contributed by atoms with Crippen molar-refractivity contribution in [2.75, 3.05) is 25.6 Å². The Morgan fingerprint density at radius 1 is 0.698 bits per heavy atom. The van der Waals surface area contributed by atoms with Gasteiger partial charge in [0.2, 0.25) is 0 Å². The molecule has 0 radical (unpaired) electrons. The van der Waals surface area contributed by atoms with Crippen molar-refractivity contribution in [1.29, 1.82) is 0 Å². The van der Waals surface area contributed by atoms with Gasteiger partial charge in [0.25, 0.3) is 0 Å². The number of nitrogens with zero attached hydrogens (tertiary/aromatic N) is 4. The first kappa shape index (κ1) is 28.9. The lowest BCUT2D eigenvalue weighted by molar-refractivity contribution is -0.112. The lowest BCUT2D eigenvalue weighted by atomic mass is 10.2. The SMILES string of the molecule is Nc1ncnc2c1ncn2[C@@H](OCCOC(=O)c1ccccc1)[C@@H](COC(=O)c1ccccc1)OC(=O)c1ccccc1. The summed E-state index contributed by atoms with van der Waals surface area (Å²) in [6, 6.07) is 25.2. The molecule has 0 saturated carbocycles. The van der Waals surface area contributed by atoms with Gasteiger partial charge < -0.3 is 24.7 Å². The number of anilines is 1. The maximum atomic E-state index is 13.2. The van der Waals surface area contributed by atoms with Crippen molar-refractivity contribution in [2.45, 2.75) is 12.3 Å². The third-order valence-electron chi connectivity index (χ3n) is 6.25. The van der Waals surface area contributed by atoms with Gasteiger partial charge in [0.05, 0.1) is 29.6 Å². The summed E-state index contributed by atoms with van der Waals surface area (Å²) in [5.41, 5.74) is 7.55. The molecule has 0 unspecified atom stereocenters. The highest BCUT2D eigenvalue weighted by atomic mass is 16.6. The van der Waals surface area contributed by atoms with Crippen LogP contribution in [0.2, 0.25) is 0 Å². The van der Waals surface area contributed by atoms with E-state index in [-0.39, 0.29) is 36.8 Å². The zero-order valence-corrected chi connectivity index (χ0v) is 22.8. The minimum atomic E-state index is -1.20. The molecule has 2 heterocycles. The van der Waals surface area contributed by atoms with Gasteiger partial charge in [-0.25, -0.2) is 29.3 Å². The van der Waals surface area contributed by atoms with Crippen molar-refractivity contribution >= 4 is 34.9 Å². The molecule has 0 aliphatic rings. The second kappa shape index (κ2) is 13.8. The van der Waals surface area contributed by atoms with Crippen LogP contribution in [0.5, 0.6) is 0 Å². The van der Waals surface area contributed by atoms with Crippen molar-refractivity contribution in [2.24, 2.45) is 0 Å². The van der Waals surface area contributed by atoms with Crippen LogP contribution in [0.15, 0.2) is 104 Å². The van der Waals surface area contributed by atoms with Gasteiger partial charge in [-0.1, -0.05) is 54.6 Å². The zero-order valence-electron chi connectivity index (χ0n) is 22.8. The molecule has 218 valence electrons. The summed E-state index contributed by atoms with van der Waals surface area (Å²) < 4.78 is 24.4. The number of hydrogen-bond acceptors (Lipinski definition) is 11. The van der Waals surface area contributed by atoms with Crippen molar-refractivity contribution in [3.05, 3.63) is 120 Å². The molecule has 0 amide bonds. The number of hydrogen-bond donors (Lipinski definition) is 1. The van der Waals surface area contributed by atoms with Crippen LogP contribution in [0.25, 0.3) is 11.2 Å². The summed E-state index contributed by atoms with van der Waals surface area (Å²) in [6.45, 7) is -0.631. The number of benzene rings is 3. The first-order chi connectivity index (χ1) is 21.0. The van der Waals surface area contributed by atoms with Gasteiger partial charge in [0.15, 0.2) is 23.8 Å². The highest BCUT2D eigenvalue weighted by molar-refractivity contribution is 5.90. The Hall–Kier alpha value is -5.62. The van der Waals surface area contributed by atoms with Gasteiger partial charge in [-0.3, -0.25) is 4.57 Å². The molecule has 43 heavy (non-hydrogen) atoms. The molecular weight excluding hydrogens is 554 g/mol. The summed E-state index contributed by atoms with van der Waals surface area (Å²) in [5.74, 6) is -1.70. The first-order valence-electron chi connectivity index (χ1n) is 13.3. The fraction of sp³-hybridized carbons (Fsp3) is 0.161. The third kappa shape index (κ3) is 7.18. The van der Waals surface area contributed by atoms with E-state index in [1.54, 1.807) is 91.0 Å². The number of carbonyl (C=O) groups is 3. The Kier molecular flexibility index (Phi) is 9.29. The summed E-state index contributed by atoms with van der Waals surface area (Å²) in [7, 11) is 0. The number of imidazole rings is 1. The monoisotopic (exact) mass is 581 g/mol. The third-order valence-corrected chi connectivity index (χ3v) is 6.25. The molecule has 2 N–H and O–H groups in total. The first-order valence-corrected chi connectivity index (χ1v) is 13.3. The van der Waals surface area contributed by atoms with Gasteiger partial charge in [-0.05, 0) is 36.4 Å². The van der Waals surface area contributed by atoms with Crippen molar-refractivity contribution in [3.63, 3.8) is 0 Å². The van der Waals surface area contributed by atoms with Crippen LogP contribution in [-0.4, -0.2) is 63.4 Å². The quantitative estimate of drug-likeness (QED) is 0.130. The van der Waals surface area contributed by atoms with E-state index < -0.39 is 30.2 Å². The molecule has 0 bridgehead atoms. The molecule has 2 aromatic heterocycles. The van der Waals surface area contributed by atoms with Gasteiger partial charge in [-0.15, -0.1) is 0 Å². The predicted molar refractivity (Wildman–Crippen MR) is 154 cm³/mol. The standard InChI is InChI=1S/C31H27N5O7/c32-26-25-27(34-19-33-26)36(20-35-25)28(40-16-17-41-29(37)21-10-4-1-5-11-21)24(43-31(39)23-14-8-3-9-15-23)18-42-30(38)22-12-6-2-7-13-22/h1-15,19-20,24,28H,16-18H2,(H2,32,33,34)/t24-,28+/m1/s1. The minimum absolute atomic E-state index is 0.116. The Morgan fingerprint density at radius 3 is 1.86 bits per heavy atom. The lowest BCUT2D eigenvalue weighted by Crippen LogP contribution is -2.36. The Bertz CT molecular complexity index is 1680. The fourth-order valence-electron chi connectivity index (χ4n) is 4.15. The average molecular weight is 582 g/mol. The smallest absolute Gasteiger partial charge is 0.338 e. The molecule has 5 aromatic rings. The maximum absolute atomic E-state index is 13.2. The van der Waals surface area contributed by atoms with Crippen molar-refractivity contribution < 1.29 is 33.3 Å². The number of rotatable bonds is 12. The Balaban J connectivity index is 1.41. The maximum Gasteiger partial charge on any atom is 0.338 e. The minimum Gasteiger partial charge on any atom is -0.460 e. The van der Waals surface area contributed by atoms with Crippen LogP contribution < -0.4 is 5.73 Å². The number of esters is 3. The molecule has 3 aromatic carbocycles. The molecule has 0 saturated heterocycles. The van der Waals surface area contributed by atoms with E-state index in [2.05, 4.69) is 15.0 Å². The van der Waals surface area contributed by atoms with Crippen molar-refractivity contribution in [3.8, 4) is 0 Å². The van der Waals surface area contributed by atoms with E-state index in [1.165, 1.54) is 17.2 Å². The topological polar surface area (TPSA) is 158 Å². The van der Waals surface area contributed by atoms with Crippen LogP contribution in [0.3, 0.4) is 0 Å². The molecule has 2 atom stereocenters. The number of aromatic nitrogens is 4. The van der Waals surface area contributed by atoms with E-state index in [0.29, 0.717) is 16.6 Å². The average Bonchev–Trinajstić information content (AvgIpc) is 3.49. The molecule has 5 rings (SSSR count). The molecule has 0 aliphatic carbocycles. The second-order valence-corrected chi connectivity index (χ2v) is 9.12. The van der Waals surface area contributed by atoms with Crippen LogP contribution in [0, 0.1) is 0 Å². The number of nitrogens with two attached hydrogens (primary N) is 1. The Morgan fingerprint density at radius 2 is 1.26 bits per heavy atom. The normalized spacial score (nSPS) is 12.3.